The molecule has 0 aliphatic rings. The monoisotopic (exact) mass is 344 g/mol. The highest BCUT2D eigenvalue weighted by atomic mass is 79.9. The normalized spacial score (nSPS) is 9.73. The van der Waals surface area contributed by atoms with Crippen LogP contribution in [0.25, 0.3) is 0 Å². The van der Waals surface area contributed by atoms with Gasteiger partial charge in [0.05, 0.1) is 8.95 Å². The molecule has 0 fully saturated rings. The number of rotatable bonds is 1. The zero-order valence-electron chi connectivity index (χ0n) is 5.14. The van der Waals surface area contributed by atoms with Crippen molar-refractivity contribution >= 4 is 48.1 Å². The van der Waals surface area contributed by atoms with Crippen molar-refractivity contribution in [3.63, 3.8) is 0 Å². The van der Waals surface area contributed by atoms with Crippen LogP contribution in [0, 0.1) is 0 Å². The molecule has 2 nitrogen and oxygen atoms in total. The van der Waals surface area contributed by atoms with Gasteiger partial charge in [-0.3, -0.25) is 0 Å². The van der Waals surface area contributed by atoms with E-state index in [9.17, 15) is 5.11 Å². The molecule has 1 aromatic carbocycles. The Morgan fingerprint density at radius 3 is 2.36 bits per heavy atom. The van der Waals surface area contributed by atoms with E-state index >= 15 is 0 Å². The molecule has 0 saturated heterocycles. The van der Waals surface area contributed by atoms with Crippen LogP contribution in [0.1, 0.15) is 0 Å². The molecule has 11 heavy (non-hydrogen) atoms. The second-order valence-electron chi connectivity index (χ2n) is 1.79. The molecule has 5 heteroatoms. The van der Waals surface area contributed by atoms with E-state index in [0.29, 0.717) is 14.7 Å². The molecule has 0 atom stereocenters. The molecule has 0 aromatic heterocycles. The predicted octanol–water partition coefficient (Wildman–Crippen LogP) is 3.61. The van der Waals surface area contributed by atoms with Gasteiger partial charge in [0.2, 0.25) is 0 Å². The lowest BCUT2D eigenvalue weighted by Crippen LogP contribution is -1.78. The van der Waals surface area contributed by atoms with Gasteiger partial charge >= 0.3 is 0 Å². The summed E-state index contributed by atoms with van der Waals surface area (Å²) >= 11 is 9.24. The third-order valence-corrected chi connectivity index (χ3v) is 3.58. The van der Waals surface area contributed by atoms with E-state index in [-0.39, 0.29) is 5.75 Å². The fourth-order valence-corrected chi connectivity index (χ4v) is 1.81. The van der Waals surface area contributed by atoms with Gasteiger partial charge in [-0.1, -0.05) is 0 Å². The van der Waals surface area contributed by atoms with Gasteiger partial charge in [0.1, 0.15) is 5.75 Å². The highest BCUT2D eigenvalue weighted by molar-refractivity contribution is 9.13. The van der Waals surface area contributed by atoms with Crippen LogP contribution in [-0.2, 0) is 0 Å². The summed E-state index contributed by atoms with van der Waals surface area (Å²) in [5.41, 5.74) is 0. The zero-order chi connectivity index (χ0) is 8.43. The summed E-state index contributed by atoms with van der Waals surface area (Å²) in [5, 5.41) is 9.17. The minimum absolute atomic E-state index is 0.171. The van der Waals surface area contributed by atoms with E-state index in [1.54, 1.807) is 6.07 Å². The number of benzene rings is 1. The Morgan fingerprint density at radius 2 is 1.82 bits per heavy atom. The van der Waals surface area contributed by atoms with Crippen LogP contribution in [-0.4, -0.2) is 5.11 Å². The minimum atomic E-state index is 0.171. The van der Waals surface area contributed by atoms with Gasteiger partial charge in [-0.2, -0.15) is 0 Å². The molecular formula is C6H3Br3O2. The van der Waals surface area contributed by atoms with Gasteiger partial charge in [-0.05, 0) is 44.0 Å². The summed E-state index contributed by atoms with van der Waals surface area (Å²) in [6.45, 7) is 0. The molecule has 0 saturated carbocycles. The van der Waals surface area contributed by atoms with E-state index < -0.39 is 0 Å². The quantitative estimate of drug-likeness (QED) is 0.841. The van der Waals surface area contributed by atoms with Crippen molar-refractivity contribution in [2.24, 2.45) is 0 Å². The number of halogens is 3. The van der Waals surface area contributed by atoms with Crippen molar-refractivity contribution in [3.8, 4) is 11.5 Å². The van der Waals surface area contributed by atoms with Crippen molar-refractivity contribution in [1.82, 2.24) is 0 Å². The average Bonchev–Trinajstić information content (AvgIpc) is 2.01. The lowest BCUT2D eigenvalue weighted by atomic mass is 10.3. The van der Waals surface area contributed by atoms with Crippen molar-refractivity contribution in [2.45, 2.75) is 0 Å². The topological polar surface area (TPSA) is 29.5 Å². The van der Waals surface area contributed by atoms with Crippen LogP contribution in [0.2, 0.25) is 0 Å². The molecule has 0 radical (unpaired) electrons. The first kappa shape index (κ1) is 9.35. The SMILES string of the molecule is Oc1ccc(OBr)c(Br)c1Br. The minimum Gasteiger partial charge on any atom is -0.507 e. The zero-order valence-corrected chi connectivity index (χ0v) is 9.90. The van der Waals surface area contributed by atoms with Crippen LogP contribution in [0.4, 0.5) is 0 Å². The van der Waals surface area contributed by atoms with Gasteiger partial charge in [0.25, 0.3) is 0 Å². The fraction of sp³-hybridized carbons (Fsp3) is 0. The van der Waals surface area contributed by atoms with Gasteiger partial charge in [-0.25, -0.2) is 0 Å². The maximum Gasteiger partial charge on any atom is 0.179 e. The summed E-state index contributed by atoms with van der Waals surface area (Å²) in [4.78, 5) is 0. The molecule has 0 unspecified atom stereocenters. The summed E-state index contributed by atoms with van der Waals surface area (Å²) < 4.78 is 6.06. The standard InChI is InChI=1S/C6H3Br3O2/c7-5-3(10)1-2-4(11-9)6(5)8/h1-2,10H. The largest absolute Gasteiger partial charge is 0.507 e. The molecule has 1 rings (SSSR count). The van der Waals surface area contributed by atoms with Gasteiger partial charge in [0, 0.05) is 0 Å². The maximum atomic E-state index is 9.17. The van der Waals surface area contributed by atoms with Crippen molar-refractivity contribution in [3.05, 3.63) is 21.1 Å². The number of hydrogen-bond donors (Lipinski definition) is 1. The molecule has 0 amide bonds. The second-order valence-corrected chi connectivity index (χ2v) is 3.70. The molecule has 1 N–H and O–H groups in total. The van der Waals surface area contributed by atoms with Crippen LogP contribution in [0.15, 0.2) is 21.1 Å². The highest BCUT2D eigenvalue weighted by Gasteiger charge is 2.08. The van der Waals surface area contributed by atoms with E-state index in [1.165, 1.54) is 6.07 Å². The van der Waals surface area contributed by atoms with Crippen molar-refractivity contribution in [1.29, 1.82) is 0 Å². The third kappa shape index (κ3) is 1.89. The lowest BCUT2D eigenvalue weighted by Gasteiger charge is -2.03. The Labute approximate surface area is 89.3 Å². The Balaban J connectivity index is 3.25. The number of aromatic hydroxyl groups is 1. The molecule has 0 aliphatic carbocycles. The van der Waals surface area contributed by atoms with Crippen molar-refractivity contribution < 1.29 is 8.93 Å². The van der Waals surface area contributed by atoms with Gasteiger partial charge in [-0.15, -0.1) is 0 Å². The Bertz CT molecular complexity index is 275. The Hall–Kier alpha value is 0.260. The maximum absolute atomic E-state index is 9.17. The van der Waals surface area contributed by atoms with Crippen LogP contribution in [0.3, 0.4) is 0 Å². The summed E-state index contributed by atoms with van der Waals surface area (Å²) in [6, 6.07) is 3.17. The molecule has 1 aromatic rings. The van der Waals surface area contributed by atoms with E-state index in [1.807, 2.05) is 0 Å². The number of phenols is 1. The van der Waals surface area contributed by atoms with E-state index in [0.717, 1.165) is 0 Å². The molecule has 0 spiro atoms. The number of phenolic OH excluding ortho intramolecular Hbond substituents is 1. The lowest BCUT2D eigenvalue weighted by molar-refractivity contribution is 0.470. The number of hydrogen-bond acceptors (Lipinski definition) is 2. The van der Waals surface area contributed by atoms with Crippen LogP contribution in [0.5, 0.6) is 11.5 Å². The highest BCUT2D eigenvalue weighted by Crippen LogP contribution is 2.38. The summed E-state index contributed by atoms with van der Waals surface area (Å²) in [6.07, 6.45) is 0. The Kier molecular flexibility index (Phi) is 3.21. The summed E-state index contributed by atoms with van der Waals surface area (Å²) in [7, 11) is 0. The van der Waals surface area contributed by atoms with Crippen molar-refractivity contribution in [2.75, 3.05) is 0 Å². The van der Waals surface area contributed by atoms with Gasteiger partial charge < -0.3 is 8.93 Å². The molecule has 60 valence electrons. The molecule has 0 aliphatic heterocycles. The first-order valence-electron chi connectivity index (χ1n) is 2.62. The van der Waals surface area contributed by atoms with Crippen LogP contribution < -0.4 is 3.83 Å². The second kappa shape index (κ2) is 3.78. The summed E-state index contributed by atoms with van der Waals surface area (Å²) in [5.74, 6) is 0.778. The average molecular weight is 347 g/mol. The van der Waals surface area contributed by atoms with Crippen LogP contribution >= 0.6 is 48.1 Å². The molecule has 0 bridgehead atoms. The third-order valence-electron chi connectivity index (χ3n) is 1.11. The van der Waals surface area contributed by atoms with E-state index in [4.69, 9.17) is 3.83 Å². The molecular weight excluding hydrogens is 344 g/mol. The van der Waals surface area contributed by atoms with E-state index in [2.05, 4.69) is 48.1 Å². The Morgan fingerprint density at radius 1 is 1.18 bits per heavy atom. The molecule has 0 heterocycles. The van der Waals surface area contributed by atoms with Gasteiger partial charge in [0.15, 0.2) is 22.0 Å². The fourth-order valence-electron chi connectivity index (χ4n) is 0.581. The first-order valence-corrected chi connectivity index (χ1v) is 4.85. The smallest absolute Gasteiger partial charge is 0.179 e. The first-order chi connectivity index (χ1) is 5.16. The predicted molar refractivity (Wildman–Crippen MR) is 53.1 cm³/mol.